The van der Waals surface area contributed by atoms with Gasteiger partial charge < -0.3 is 15.0 Å². The van der Waals surface area contributed by atoms with Crippen LogP contribution in [0.4, 0.5) is 4.39 Å². The van der Waals surface area contributed by atoms with Crippen molar-refractivity contribution in [2.75, 3.05) is 33.2 Å². The largest absolute Gasteiger partial charge is 0.437 e. The Morgan fingerprint density at radius 1 is 1.15 bits per heavy atom. The van der Waals surface area contributed by atoms with E-state index in [1.165, 1.54) is 6.07 Å². The van der Waals surface area contributed by atoms with Crippen molar-refractivity contribution in [2.24, 2.45) is 0 Å². The fraction of sp³-hybridized carbons (Fsp3) is 0.400. The third-order valence-corrected chi connectivity index (χ3v) is 7.04. The molecule has 5 rings (SSSR count). The van der Waals surface area contributed by atoms with Crippen LogP contribution < -0.4 is 15.6 Å². The molecule has 0 bridgehead atoms. The van der Waals surface area contributed by atoms with Crippen molar-refractivity contribution in [1.29, 1.82) is 0 Å². The molecule has 0 spiro atoms. The average molecular weight is 466 g/mol. The molecule has 1 saturated carbocycles. The number of ether oxygens (including phenoxy) is 1. The smallest absolute Gasteiger partial charge is 0.272 e. The van der Waals surface area contributed by atoms with Crippen LogP contribution in [-0.2, 0) is 11.3 Å². The quantitative estimate of drug-likeness (QED) is 0.582. The Hall–Kier alpha value is -3.30. The summed E-state index contributed by atoms with van der Waals surface area (Å²) in [5, 5.41) is 10.7. The summed E-state index contributed by atoms with van der Waals surface area (Å²) in [5.74, 6) is 0.571. The molecule has 2 N–H and O–H groups in total. The lowest BCUT2D eigenvalue weighted by atomic mass is 9.75. The van der Waals surface area contributed by atoms with Gasteiger partial charge in [0.2, 0.25) is 11.8 Å². The first-order valence-corrected chi connectivity index (χ1v) is 11.6. The van der Waals surface area contributed by atoms with Crippen LogP contribution in [-0.4, -0.2) is 64.7 Å². The molecular formula is C25H28FN5O3. The van der Waals surface area contributed by atoms with Gasteiger partial charge in [-0.3, -0.25) is 14.5 Å². The van der Waals surface area contributed by atoms with Gasteiger partial charge in [0.25, 0.3) is 5.56 Å². The average Bonchev–Trinajstić information content (AvgIpc) is 2.83. The fourth-order valence-corrected chi connectivity index (χ4v) is 4.77. The number of fused-ring (bicyclic) bond motifs is 1. The minimum absolute atomic E-state index is 0.183. The van der Waals surface area contributed by atoms with Gasteiger partial charge in [-0.05, 0) is 56.6 Å². The Morgan fingerprint density at radius 3 is 2.56 bits per heavy atom. The monoisotopic (exact) mass is 465 g/mol. The molecule has 1 aliphatic carbocycles. The number of aromatic nitrogens is 2. The molecule has 9 heteroatoms. The molecule has 2 aromatic carbocycles. The van der Waals surface area contributed by atoms with Crippen LogP contribution in [0.5, 0.6) is 11.6 Å². The zero-order chi connectivity index (χ0) is 23.7. The zero-order valence-electron chi connectivity index (χ0n) is 19.1. The highest BCUT2D eigenvalue weighted by molar-refractivity contribution is 5.87. The van der Waals surface area contributed by atoms with Crippen molar-refractivity contribution in [3.63, 3.8) is 0 Å². The SMILES string of the molecule is CNC1(C(=O)N2CCN(Cc3cc(Oc4n[nH]c(=O)c5ccccc45)ccc3F)CC2)CCC1. The van der Waals surface area contributed by atoms with Crippen molar-refractivity contribution in [2.45, 2.75) is 31.3 Å². The lowest BCUT2D eigenvalue weighted by molar-refractivity contribution is -0.143. The first-order valence-electron chi connectivity index (χ1n) is 11.6. The molecule has 3 aromatic rings. The van der Waals surface area contributed by atoms with Crippen molar-refractivity contribution < 1.29 is 13.9 Å². The lowest BCUT2D eigenvalue weighted by Crippen LogP contribution is -2.63. The number of nitrogens with one attached hydrogen (secondary N) is 2. The molecule has 0 atom stereocenters. The Labute approximate surface area is 196 Å². The maximum atomic E-state index is 14.6. The van der Waals surface area contributed by atoms with Crippen LogP contribution in [0.1, 0.15) is 24.8 Å². The molecule has 2 fully saturated rings. The second-order valence-electron chi connectivity index (χ2n) is 9.01. The third kappa shape index (κ3) is 4.17. The molecule has 0 unspecified atom stereocenters. The van der Waals surface area contributed by atoms with Gasteiger partial charge in [-0.2, -0.15) is 0 Å². The van der Waals surface area contributed by atoms with Crippen LogP contribution in [0.25, 0.3) is 10.8 Å². The topological polar surface area (TPSA) is 90.6 Å². The normalized spacial score (nSPS) is 18.0. The third-order valence-electron chi connectivity index (χ3n) is 7.04. The number of hydrogen-bond acceptors (Lipinski definition) is 6. The number of piperazine rings is 1. The van der Waals surface area contributed by atoms with Gasteiger partial charge in [-0.1, -0.05) is 12.1 Å². The van der Waals surface area contributed by atoms with Gasteiger partial charge in [-0.15, -0.1) is 5.10 Å². The van der Waals surface area contributed by atoms with Gasteiger partial charge >= 0.3 is 0 Å². The molecule has 1 saturated heterocycles. The van der Waals surface area contributed by atoms with E-state index in [0.717, 1.165) is 19.3 Å². The van der Waals surface area contributed by atoms with Crippen molar-refractivity contribution >= 4 is 16.7 Å². The summed E-state index contributed by atoms with van der Waals surface area (Å²) in [5.41, 5.74) is -0.171. The molecular weight excluding hydrogens is 437 g/mol. The summed E-state index contributed by atoms with van der Waals surface area (Å²) >= 11 is 0. The van der Waals surface area contributed by atoms with Crippen LogP contribution in [0.15, 0.2) is 47.3 Å². The minimum Gasteiger partial charge on any atom is -0.437 e. The highest BCUT2D eigenvalue weighted by atomic mass is 19.1. The van der Waals surface area contributed by atoms with Gasteiger partial charge in [0.05, 0.1) is 16.3 Å². The van der Waals surface area contributed by atoms with E-state index in [-0.39, 0.29) is 28.7 Å². The summed E-state index contributed by atoms with van der Waals surface area (Å²) in [6.07, 6.45) is 2.86. The minimum atomic E-state index is -0.389. The molecule has 0 radical (unpaired) electrons. The molecule has 2 heterocycles. The number of nitrogens with zero attached hydrogens (tertiary/aromatic N) is 3. The molecule has 2 aliphatic rings. The van der Waals surface area contributed by atoms with E-state index in [9.17, 15) is 14.0 Å². The van der Waals surface area contributed by atoms with E-state index in [1.54, 1.807) is 36.4 Å². The number of carbonyl (C=O) groups excluding carboxylic acids is 1. The molecule has 34 heavy (non-hydrogen) atoms. The number of amides is 1. The van der Waals surface area contributed by atoms with E-state index >= 15 is 0 Å². The maximum Gasteiger partial charge on any atom is 0.272 e. The predicted octanol–water partition coefficient (Wildman–Crippen LogP) is 2.64. The van der Waals surface area contributed by atoms with E-state index < -0.39 is 0 Å². The Balaban J connectivity index is 1.26. The van der Waals surface area contributed by atoms with E-state index in [0.29, 0.717) is 54.8 Å². The molecule has 178 valence electrons. The van der Waals surface area contributed by atoms with Crippen LogP contribution >= 0.6 is 0 Å². The molecule has 1 amide bonds. The Morgan fingerprint density at radius 2 is 1.88 bits per heavy atom. The number of benzene rings is 2. The summed E-state index contributed by atoms with van der Waals surface area (Å²) in [6, 6.07) is 11.6. The van der Waals surface area contributed by atoms with Crippen molar-refractivity contribution in [3.05, 3.63) is 64.2 Å². The molecule has 1 aromatic heterocycles. The van der Waals surface area contributed by atoms with Crippen LogP contribution in [0, 0.1) is 5.82 Å². The fourth-order valence-electron chi connectivity index (χ4n) is 4.77. The molecule has 8 nitrogen and oxygen atoms in total. The Bertz CT molecular complexity index is 1260. The number of likely N-dealkylation sites (N-methyl/N-ethyl adjacent to an activating group) is 1. The number of halogens is 1. The summed E-state index contributed by atoms with van der Waals surface area (Å²) in [7, 11) is 1.86. The van der Waals surface area contributed by atoms with Crippen molar-refractivity contribution in [1.82, 2.24) is 25.3 Å². The summed E-state index contributed by atoms with van der Waals surface area (Å²) in [6.45, 7) is 3.05. The maximum absolute atomic E-state index is 14.6. The highest BCUT2D eigenvalue weighted by Crippen LogP contribution is 2.33. The first kappa shape index (κ1) is 22.5. The predicted molar refractivity (Wildman–Crippen MR) is 126 cm³/mol. The summed E-state index contributed by atoms with van der Waals surface area (Å²) in [4.78, 5) is 29.0. The number of H-pyrrole nitrogens is 1. The molecule has 1 aliphatic heterocycles. The van der Waals surface area contributed by atoms with Gasteiger partial charge in [0, 0.05) is 38.3 Å². The van der Waals surface area contributed by atoms with Gasteiger partial charge in [0.15, 0.2) is 0 Å². The number of aromatic amines is 1. The zero-order valence-corrected chi connectivity index (χ0v) is 19.1. The van der Waals surface area contributed by atoms with E-state index in [4.69, 9.17) is 4.74 Å². The second kappa shape index (κ2) is 9.15. The summed E-state index contributed by atoms with van der Waals surface area (Å²) < 4.78 is 20.5. The van der Waals surface area contributed by atoms with Gasteiger partial charge in [0.1, 0.15) is 11.6 Å². The number of carbonyl (C=O) groups is 1. The first-order chi connectivity index (χ1) is 16.5. The lowest BCUT2D eigenvalue weighted by Gasteiger charge is -2.45. The van der Waals surface area contributed by atoms with Crippen LogP contribution in [0.2, 0.25) is 0 Å². The standard InChI is InChI=1S/C25H28FN5O3/c1-27-25(9-4-10-25)24(33)31-13-11-30(12-14-31)16-17-15-18(7-8-21(17)26)34-23-20-6-3-2-5-19(20)22(32)28-29-23/h2-3,5-8,15,27H,4,9-14,16H2,1H3,(H,28,32). The second-order valence-corrected chi connectivity index (χ2v) is 9.01. The number of hydrogen-bond donors (Lipinski definition) is 2. The van der Waals surface area contributed by atoms with E-state index in [1.807, 2.05) is 11.9 Å². The van der Waals surface area contributed by atoms with Gasteiger partial charge in [-0.25, -0.2) is 9.49 Å². The van der Waals surface area contributed by atoms with Crippen molar-refractivity contribution in [3.8, 4) is 11.6 Å². The van der Waals surface area contributed by atoms with E-state index in [2.05, 4.69) is 20.4 Å². The highest BCUT2D eigenvalue weighted by Gasteiger charge is 2.45. The Kier molecular flexibility index (Phi) is 6.05. The van der Waals surface area contributed by atoms with Crippen LogP contribution in [0.3, 0.4) is 0 Å². The number of rotatable bonds is 6.